The van der Waals surface area contributed by atoms with Crippen molar-refractivity contribution >= 4 is 0 Å². The third-order valence-corrected chi connectivity index (χ3v) is 4.08. The number of aromatic nitrogens is 2. The SMILES string of the molecule is Cn1ccc(CC(NN)C2CC3CCC2O3)n1. The molecule has 2 saturated heterocycles. The molecule has 3 heterocycles. The first-order valence-corrected chi connectivity index (χ1v) is 6.36. The molecule has 4 atom stereocenters. The van der Waals surface area contributed by atoms with E-state index >= 15 is 0 Å². The van der Waals surface area contributed by atoms with Gasteiger partial charge in [0, 0.05) is 31.6 Å². The summed E-state index contributed by atoms with van der Waals surface area (Å²) in [6.07, 6.45) is 7.30. The number of rotatable bonds is 4. The number of nitrogens with two attached hydrogens (primary N) is 1. The summed E-state index contributed by atoms with van der Waals surface area (Å²) in [5, 5.41) is 4.41. The molecule has 5 heteroatoms. The predicted molar refractivity (Wildman–Crippen MR) is 64.0 cm³/mol. The third kappa shape index (κ3) is 2.10. The fraction of sp³-hybridized carbons (Fsp3) is 0.750. The number of ether oxygens (including phenoxy) is 1. The Morgan fingerprint density at radius 2 is 2.53 bits per heavy atom. The molecule has 4 unspecified atom stereocenters. The Hall–Kier alpha value is -0.910. The van der Waals surface area contributed by atoms with Crippen LogP contribution in [0.25, 0.3) is 0 Å². The van der Waals surface area contributed by atoms with Crippen molar-refractivity contribution in [2.45, 2.75) is 43.9 Å². The lowest BCUT2D eigenvalue weighted by Crippen LogP contribution is -2.45. The molecular formula is C12H20N4O. The van der Waals surface area contributed by atoms with E-state index < -0.39 is 0 Å². The number of nitrogens with zero attached hydrogens (tertiary/aromatic N) is 2. The van der Waals surface area contributed by atoms with Crippen LogP contribution < -0.4 is 11.3 Å². The van der Waals surface area contributed by atoms with E-state index in [-0.39, 0.29) is 6.04 Å². The highest BCUT2D eigenvalue weighted by molar-refractivity contribution is 5.04. The molecule has 0 aromatic carbocycles. The Bertz CT molecular complexity index is 392. The Morgan fingerprint density at radius 3 is 3.06 bits per heavy atom. The Labute approximate surface area is 101 Å². The van der Waals surface area contributed by atoms with Crippen molar-refractivity contribution in [3.63, 3.8) is 0 Å². The molecule has 17 heavy (non-hydrogen) atoms. The van der Waals surface area contributed by atoms with Crippen molar-refractivity contribution in [3.8, 4) is 0 Å². The van der Waals surface area contributed by atoms with E-state index in [1.807, 2.05) is 17.9 Å². The van der Waals surface area contributed by atoms with Crippen molar-refractivity contribution in [1.82, 2.24) is 15.2 Å². The molecule has 2 aliphatic heterocycles. The number of fused-ring (bicyclic) bond motifs is 2. The zero-order chi connectivity index (χ0) is 11.8. The normalized spacial score (nSPS) is 33.2. The fourth-order valence-corrected chi connectivity index (χ4v) is 3.23. The van der Waals surface area contributed by atoms with Crippen LogP contribution in [0.1, 0.15) is 25.0 Å². The lowest BCUT2D eigenvalue weighted by atomic mass is 9.82. The summed E-state index contributed by atoms with van der Waals surface area (Å²) in [4.78, 5) is 0. The largest absolute Gasteiger partial charge is 0.375 e. The molecule has 1 aromatic rings. The van der Waals surface area contributed by atoms with Gasteiger partial charge in [-0.15, -0.1) is 0 Å². The molecule has 94 valence electrons. The molecule has 3 N–H and O–H groups in total. The molecule has 0 spiro atoms. The van der Waals surface area contributed by atoms with Gasteiger partial charge in [0.1, 0.15) is 0 Å². The van der Waals surface area contributed by atoms with Gasteiger partial charge in [0.25, 0.3) is 0 Å². The second-order valence-electron chi connectivity index (χ2n) is 5.23. The summed E-state index contributed by atoms with van der Waals surface area (Å²) in [5.41, 5.74) is 4.05. The highest BCUT2D eigenvalue weighted by atomic mass is 16.5. The van der Waals surface area contributed by atoms with Gasteiger partial charge in [-0.25, -0.2) is 0 Å². The van der Waals surface area contributed by atoms with Gasteiger partial charge in [-0.3, -0.25) is 16.0 Å². The van der Waals surface area contributed by atoms with Crippen molar-refractivity contribution in [2.75, 3.05) is 0 Å². The Kier molecular flexibility index (Phi) is 2.90. The number of hydrogen-bond donors (Lipinski definition) is 2. The van der Waals surface area contributed by atoms with Crippen molar-refractivity contribution in [2.24, 2.45) is 18.8 Å². The minimum Gasteiger partial charge on any atom is -0.375 e. The molecule has 2 fully saturated rings. The summed E-state index contributed by atoms with van der Waals surface area (Å²) in [6, 6.07) is 2.33. The van der Waals surface area contributed by atoms with Gasteiger partial charge >= 0.3 is 0 Å². The zero-order valence-electron chi connectivity index (χ0n) is 10.2. The topological polar surface area (TPSA) is 65.1 Å². The van der Waals surface area contributed by atoms with Crippen molar-refractivity contribution in [1.29, 1.82) is 0 Å². The summed E-state index contributed by atoms with van der Waals surface area (Å²) in [6.45, 7) is 0. The third-order valence-electron chi connectivity index (χ3n) is 4.08. The number of hydrazine groups is 1. The van der Waals surface area contributed by atoms with Gasteiger partial charge < -0.3 is 4.74 Å². The van der Waals surface area contributed by atoms with Crippen LogP contribution in [-0.4, -0.2) is 28.0 Å². The van der Waals surface area contributed by atoms with Crippen molar-refractivity contribution < 1.29 is 4.74 Å². The van der Waals surface area contributed by atoms with E-state index in [9.17, 15) is 0 Å². The minimum atomic E-state index is 0.278. The fourth-order valence-electron chi connectivity index (χ4n) is 3.23. The van der Waals surface area contributed by atoms with E-state index in [4.69, 9.17) is 10.6 Å². The first-order chi connectivity index (χ1) is 8.26. The van der Waals surface area contributed by atoms with Crippen LogP contribution in [0.2, 0.25) is 0 Å². The first-order valence-electron chi connectivity index (χ1n) is 6.36. The van der Waals surface area contributed by atoms with Crippen LogP contribution in [0.4, 0.5) is 0 Å². The highest BCUT2D eigenvalue weighted by Crippen LogP contribution is 2.40. The molecule has 5 nitrogen and oxygen atoms in total. The molecule has 0 aliphatic carbocycles. The molecule has 3 rings (SSSR count). The van der Waals surface area contributed by atoms with E-state index in [1.165, 1.54) is 12.8 Å². The maximum Gasteiger partial charge on any atom is 0.0640 e. The maximum atomic E-state index is 5.89. The second kappa shape index (κ2) is 4.40. The average molecular weight is 236 g/mol. The summed E-state index contributed by atoms with van der Waals surface area (Å²) in [7, 11) is 1.94. The van der Waals surface area contributed by atoms with Crippen LogP contribution in [0.3, 0.4) is 0 Å². The molecule has 1 aromatic heterocycles. The lowest BCUT2D eigenvalue weighted by Gasteiger charge is -2.27. The van der Waals surface area contributed by atoms with E-state index in [1.54, 1.807) is 0 Å². The minimum absolute atomic E-state index is 0.278. The molecule has 0 radical (unpaired) electrons. The molecule has 2 aliphatic rings. The van der Waals surface area contributed by atoms with E-state index in [0.717, 1.165) is 18.5 Å². The lowest BCUT2D eigenvalue weighted by molar-refractivity contribution is 0.0856. The summed E-state index contributed by atoms with van der Waals surface area (Å²) >= 11 is 0. The number of nitrogens with one attached hydrogen (secondary N) is 1. The van der Waals surface area contributed by atoms with E-state index in [0.29, 0.717) is 18.1 Å². The Morgan fingerprint density at radius 1 is 1.65 bits per heavy atom. The van der Waals surface area contributed by atoms with Gasteiger partial charge in [-0.2, -0.15) is 5.10 Å². The predicted octanol–water partition coefficient (Wildman–Crippen LogP) is 0.362. The number of hydrogen-bond acceptors (Lipinski definition) is 4. The molecule has 0 amide bonds. The standard InChI is InChI=1S/C12H20N4O/c1-16-5-4-8(15-16)6-11(14-13)10-7-9-2-3-12(10)17-9/h4-5,9-12,14H,2-3,6-7,13H2,1H3. The maximum absolute atomic E-state index is 5.89. The quantitative estimate of drug-likeness (QED) is 0.585. The first kappa shape index (κ1) is 11.2. The van der Waals surface area contributed by atoms with Gasteiger partial charge in [0.2, 0.25) is 0 Å². The van der Waals surface area contributed by atoms with Crippen LogP contribution in [0.5, 0.6) is 0 Å². The zero-order valence-corrected chi connectivity index (χ0v) is 10.2. The monoisotopic (exact) mass is 236 g/mol. The molecular weight excluding hydrogens is 216 g/mol. The van der Waals surface area contributed by atoms with E-state index in [2.05, 4.69) is 16.6 Å². The number of aryl methyl sites for hydroxylation is 1. The summed E-state index contributed by atoms with van der Waals surface area (Å²) in [5.74, 6) is 6.24. The van der Waals surface area contributed by atoms with Crippen LogP contribution >= 0.6 is 0 Å². The van der Waals surface area contributed by atoms with Gasteiger partial charge in [-0.05, 0) is 25.3 Å². The van der Waals surface area contributed by atoms with Gasteiger partial charge in [0.05, 0.1) is 17.9 Å². The van der Waals surface area contributed by atoms with Crippen LogP contribution in [-0.2, 0) is 18.2 Å². The smallest absolute Gasteiger partial charge is 0.0640 e. The summed E-state index contributed by atoms with van der Waals surface area (Å²) < 4.78 is 7.72. The molecule has 2 bridgehead atoms. The highest BCUT2D eigenvalue weighted by Gasteiger charge is 2.44. The van der Waals surface area contributed by atoms with Crippen LogP contribution in [0, 0.1) is 5.92 Å². The van der Waals surface area contributed by atoms with Crippen LogP contribution in [0.15, 0.2) is 12.3 Å². The Balaban J connectivity index is 1.67. The van der Waals surface area contributed by atoms with Gasteiger partial charge in [-0.1, -0.05) is 0 Å². The van der Waals surface area contributed by atoms with Crippen molar-refractivity contribution in [3.05, 3.63) is 18.0 Å². The average Bonchev–Trinajstić information content (AvgIpc) is 3.01. The van der Waals surface area contributed by atoms with Gasteiger partial charge in [0.15, 0.2) is 0 Å². The second-order valence-corrected chi connectivity index (χ2v) is 5.23. The molecule has 0 saturated carbocycles.